The number of nitrogens with zero attached hydrogens (tertiary/aromatic N) is 1. The second kappa shape index (κ2) is 5.83. The average Bonchev–Trinajstić information content (AvgIpc) is 2.47. The van der Waals surface area contributed by atoms with Crippen LogP contribution >= 0.6 is 0 Å². The van der Waals surface area contributed by atoms with Gasteiger partial charge in [0.15, 0.2) is 0 Å². The molecule has 0 aliphatic rings. The van der Waals surface area contributed by atoms with E-state index in [1.807, 2.05) is 0 Å². The highest BCUT2D eigenvalue weighted by molar-refractivity contribution is 5.95. The van der Waals surface area contributed by atoms with Gasteiger partial charge in [0.05, 0.1) is 16.7 Å². The molecular formula is C14H9NO6. The van der Waals surface area contributed by atoms with E-state index < -0.39 is 17.9 Å². The average molecular weight is 287 g/mol. The van der Waals surface area contributed by atoms with Crippen molar-refractivity contribution in [2.45, 2.75) is 0 Å². The molecule has 7 heteroatoms. The first kappa shape index (κ1) is 14.2. The summed E-state index contributed by atoms with van der Waals surface area (Å²) in [7, 11) is 0. The zero-order valence-electron chi connectivity index (χ0n) is 10.5. The van der Waals surface area contributed by atoms with Gasteiger partial charge in [-0.05, 0) is 30.3 Å². The number of aromatic carboxylic acids is 2. The molecule has 0 radical (unpaired) electrons. The first-order valence-corrected chi connectivity index (χ1v) is 5.71. The predicted molar refractivity (Wildman–Crippen MR) is 69.6 cm³/mol. The van der Waals surface area contributed by atoms with Crippen LogP contribution in [0.25, 0.3) is 0 Å². The summed E-state index contributed by atoms with van der Waals surface area (Å²) in [6.07, 6.45) is 2.79. The Balaban J connectivity index is 2.33. The van der Waals surface area contributed by atoms with Crippen LogP contribution in [0.4, 0.5) is 0 Å². The molecule has 7 nitrogen and oxygen atoms in total. The van der Waals surface area contributed by atoms with Gasteiger partial charge in [0, 0.05) is 12.4 Å². The first-order chi connectivity index (χ1) is 9.97. The number of esters is 1. The number of pyridine rings is 1. The van der Waals surface area contributed by atoms with Crippen molar-refractivity contribution in [1.82, 2.24) is 4.98 Å². The molecule has 2 N–H and O–H groups in total. The van der Waals surface area contributed by atoms with Crippen molar-refractivity contribution in [1.29, 1.82) is 0 Å². The Morgan fingerprint density at radius 2 is 1.38 bits per heavy atom. The van der Waals surface area contributed by atoms with Crippen molar-refractivity contribution in [3.8, 4) is 5.75 Å². The summed E-state index contributed by atoms with van der Waals surface area (Å²) in [5, 5.41) is 17.8. The van der Waals surface area contributed by atoms with Gasteiger partial charge in [-0.1, -0.05) is 0 Å². The highest BCUT2D eigenvalue weighted by Crippen LogP contribution is 2.19. The molecule has 1 aromatic carbocycles. The SMILES string of the molecule is O=C(O)c1cc(OC(=O)c2ccncc2)cc(C(=O)O)c1. The second-order valence-electron chi connectivity index (χ2n) is 3.98. The fourth-order valence-electron chi connectivity index (χ4n) is 1.56. The number of carbonyl (C=O) groups is 3. The molecule has 0 bridgehead atoms. The molecule has 0 aliphatic heterocycles. The van der Waals surface area contributed by atoms with Crippen molar-refractivity contribution in [2.75, 3.05) is 0 Å². The van der Waals surface area contributed by atoms with Gasteiger partial charge in [-0.2, -0.15) is 0 Å². The van der Waals surface area contributed by atoms with Crippen LogP contribution in [-0.4, -0.2) is 33.1 Å². The molecule has 0 fully saturated rings. The van der Waals surface area contributed by atoms with Crippen molar-refractivity contribution < 1.29 is 29.3 Å². The van der Waals surface area contributed by atoms with E-state index in [-0.39, 0.29) is 22.4 Å². The Morgan fingerprint density at radius 3 is 1.86 bits per heavy atom. The van der Waals surface area contributed by atoms with Gasteiger partial charge in [0.2, 0.25) is 0 Å². The van der Waals surface area contributed by atoms with Gasteiger partial charge >= 0.3 is 17.9 Å². The fraction of sp³-hybridized carbons (Fsp3) is 0. The fourth-order valence-corrected chi connectivity index (χ4v) is 1.56. The summed E-state index contributed by atoms with van der Waals surface area (Å²) in [5.74, 6) is -3.54. The maximum atomic E-state index is 11.8. The number of carboxylic acids is 2. The first-order valence-electron chi connectivity index (χ1n) is 5.71. The Morgan fingerprint density at radius 1 is 0.857 bits per heavy atom. The minimum Gasteiger partial charge on any atom is -0.478 e. The summed E-state index contributed by atoms with van der Waals surface area (Å²) >= 11 is 0. The summed E-state index contributed by atoms with van der Waals surface area (Å²) in [6, 6.07) is 5.97. The van der Waals surface area contributed by atoms with E-state index >= 15 is 0 Å². The van der Waals surface area contributed by atoms with Crippen molar-refractivity contribution in [3.05, 3.63) is 59.4 Å². The highest BCUT2D eigenvalue weighted by Gasteiger charge is 2.15. The predicted octanol–water partition coefficient (Wildman–Crippen LogP) is 1.70. The number of hydrogen-bond donors (Lipinski definition) is 2. The molecule has 1 heterocycles. The maximum Gasteiger partial charge on any atom is 0.343 e. The summed E-state index contributed by atoms with van der Waals surface area (Å²) in [5.41, 5.74) is -0.359. The van der Waals surface area contributed by atoms with Crippen LogP contribution < -0.4 is 4.74 Å². The Bertz CT molecular complexity index is 678. The standard InChI is InChI=1S/C14H9NO6/c16-12(17)9-5-10(13(18)19)7-11(6-9)21-14(20)8-1-3-15-4-2-8/h1-7H,(H,16,17)(H,18,19). The molecule has 2 rings (SSSR count). The summed E-state index contributed by atoms with van der Waals surface area (Å²) in [6.45, 7) is 0. The quantitative estimate of drug-likeness (QED) is 0.649. The molecule has 21 heavy (non-hydrogen) atoms. The van der Waals surface area contributed by atoms with Crippen molar-refractivity contribution in [2.24, 2.45) is 0 Å². The number of benzene rings is 1. The van der Waals surface area contributed by atoms with Crippen LogP contribution in [0.3, 0.4) is 0 Å². The second-order valence-corrected chi connectivity index (χ2v) is 3.98. The number of rotatable bonds is 4. The van der Waals surface area contributed by atoms with Crippen LogP contribution in [-0.2, 0) is 0 Å². The van der Waals surface area contributed by atoms with Gasteiger partial charge in [0.1, 0.15) is 5.75 Å². The van der Waals surface area contributed by atoms with E-state index in [1.54, 1.807) is 0 Å². The van der Waals surface area contributed by atoms with Crippen molar-refractivity contribution in [3.63, 3.8) is 0 Å². The smallest absolute Gasteiger partial charge is 0.343 e. The number of carbonyl (C=O) groups excluding carboxylic acids is 1. The third kappa shape index (κ3) is 3.41. The Labute approximate surface area is 118 Å². The lowest BCUT2D eigenvalue weighted by Crippen LogP contribution is -2.10. The summed E-state index contributed by atoms with van der Waals surface area (Å²) in [4.78, 5) is 37.5. The molecule has 0 atom stereocenters. The molecule has 0 saturated carbocycles. The monoisotopic (exact) mass is 287 g/mol. The van der Waals surface area contributed by atoms with Gasteiger partial charge in [-0.15, -0.1) is 0 Å². The van der Waals surface area contributed by atoms with E-state index in [4.69, 9.17) is 14.9 Å². The number of ether oxygens (including phenoxy) is 1. The van der Waals surface area contributed by atoms with E-state index in [9.17, 15) is 14.4 Å². The maximum absolute atomic E-state index is 11.8. The Hall–Kier alpha value is -3.22. The molecule has 106 valence electrons. The molecule has 0 aliphatic carbocycles. The highest BCUT2D eigenvalue weighted by atomic mass is 16.5. The van der Waals surface area contributed by atoms with E-state index in [1.165, 1.54) is 24.5 Å². The minimum absolute atomic E-state index is 0.158. The van der Waals surface area contributed by atoms with Crippen LogP contribution in [0.15, 0.2) is 42.7 Å². The third-order valence-electron chi connectivity index (χ3n) is 2.53. The van der Waals surface area contributed by atoms with E-state index in [2.05, 4.69) is 4.98 Å². The van der Waals surface area contributed by atoms with Crippen LogP contribution in [0.1, 0.15) is 31.1 Å². The molecule has 2 aromatic rings. The van der Waals surface area contributed by atoms with Crippen molar-refractivity contribution >= 4 is 17.9 Å². The van der Waals surface area contributed by atoms with Crippen LogP contribution in [0, 0.1) is 0 Å². The van der Waals surface area contributed by atoms with Gasteiger partial charge < -0.3 is 14.9 Å². The van der Waals surface area contributed by atoms with Crippen LogP contribution in [0.5, 0.6) is 5.75 Å². The Kier molecular flexibility index (Phi) is 3.94. The topological polar surface area (TPSA) is 114 Å². The van der Waals surface area contributed by atoms with Gasteiger partial charge in [0.25, 0.3) is 0 Å². The molecule has 1 aromatic heterocycles. The van der Waals surface area contributed by atoms with E-state index in [0.29, 0.717) is 0 Å². The third-order valence-corrected chi connectivity index (χ3v) is 2.53. The number of hydrogen-bond acceptors (Lipinski definition) is 5. The molecule has 0 saturated heterocycles. The zero-order valence-corrected chi connectivity index (χ0v) is 10.5. The molecule has 0 amide bonds. The lowest BCUT2D eigenvalue weighted by Gasteiger charge is -2.06. The molecular weight excluding hydrogens is 278 g/mol. The lowest BCUT2D eigenvalue weighted by molar-refractivity contribution is 0.0681. The molecule has 0 unspecified atom stereocenters. The zero-order chi connectivity index (χ0) is 15.4. The van der Waals surface area contributed by atoms with Gasteiger partial charge in [-0.25, -0.2) is 14.4 Å². The largest absolute Gasteiger partial charge is 0.478 e. The van der Waals surface area contributed by atoms with Crippen LogP contribution in [0.2, 0.25) is 0 Å². The number of carboxylic acid groups (broad SMARTS) is 2. The normalized spacial score (nSPS) is 9.90. The molecule has 0 spiro atoms. The number of aromatic nitrogens is 1. The van der Waals surface area contributed by atoms with E-state index in [0.717, 1.165) is 18.2 Å². The summed E-state index contributed by atoms with van der Waals surface area (Å²) < 4.78 is 4.99. The minimum atomic E-state index is -1.32. The lowest BCUT2D eigenvalue weighted by atomic mass is 10.1. The van der Waals surface area contributed by atoms with Gasteiger partial charge in [-0.3, -0.25) is 4.98 Å².